The fourth-order valence-corrected chi connectivity index (χ4v) is 3.32. The molecule has 1 saturated heterocycles. The predicted octanol–water partition coefficient (Wildman–Crippen LogP) is 3.64. The molecule has 1 aliphatic rings. The van der Waals surface area contributed by atoms with Gasteiger partial charge in [0, 0.05) is 23.7 Å². The van der Waals surface area contributed by atoms with Crippen molar-refractivity contribution in [3.8, 4) is 0 Å². The molecule has 0 saturated carbocycles. The Labute approximate surface area is 177 Å². The number of hydrogen-bond acceptors (Lipinski definition) is 5. The number of benzene rings is 1. The lowest BCUT2D eigenvalue weighted by Gasteiger charge is -2.16. The third-order valence-corrected chi connectivity index (χ3v) is 4.77. The lowest BCUT2D eigenvalue weighted by atomic mass is 10.1. The monoisotopic (exact) mass is 412 g/mol. The summed E-state index contributed by atoms with van der Waals surface area (Å²) in [6.07, 6.45) is 2.22. The average molecular weight is 413 g/mol. The van der Waals surface area contributed by atoms with E-state index in [0.29, 0.717) is 23.6 Å². The lowest BCUT2D eigenvalue weighted by molar-refractivity contribution is 0.118. The number of ether oxygens (including phenoxy) is 1. The topological polar surface area (TPSA) is 83.5 Å². The Bertz CT molecular complexity index is 888. The second-order valence-corrected chi connectivity index (χ2v) is 7.73. The molecule has 1 aromatic heterocycles. The molecule has 0 radical (unpaired) electrons. The van der Waals surface area contributed by atoms with E-state index in [-0.39, 0.29) is 6.10 Å². The minimum absolute atomic E-state index is 0.134. The zero-order valence-electron chi connectivity index (χ0n) is 17.4. The van der Waals surface area contributed by atoms with Gasteiger partial charge >= 0.3 is 0 Å². The number of anilines is 2. The number of thiocarbonyl (C=S) groups is 1. The Hall–Kier alpha value is -2.58. The average Bonchev–Trinajstić information content (AvgIpc) is 3.15. The molecule has 0 bridgehead atoms. The maximum absolute atomic E-state index is 5.68. The molecule has 2 heterocycles. The Morgan fingerprint density at radius 3 is 2.59 bits per heavy atom. The number of aliphatic imine (C=N–C) groups is 1. The Kier molecular flexibility index (Phi) is 7.11. The normalized spacial score (nSPS) is 16.6. The highest BCUT2D eigenvalue weighted by atomic mass is 32.1. The van der Waals surface area contributed by atoms with Gasteiger partial charge in [-0.25, -0.2) is 15.0 Å². The minimum Gasteiger partial charge on any atom is -0.376 e. The SMILES string of the molecule is Cc1ccc(C)c(NC(=S)NC(=NCC2CCCO2)Nc2nc(C)cc(C)n2)c1. The fraction of sp³-hybridized carbons (Fsp3) is 0.429. The standard InChI is InChI=1S/C21H28N6OS/c1-13-7-8-14(2)18(10-13)25-21(29)27-19(22-12-17-6-5-9-28-17)26-20-23-15(3)11-16(4)24-20/h7-8,10-11,17H,5-6,9,12H2,1-4H3,(H3,22,23,24,25,26,27,29). The second-order valence-electron chi connectivity index (χ2n) is 7.32. The van der Waals surface area contributed by atoms with E-state index in [1.807, 2.05) is 26.8 Å². The molecule has 154 valence electrons. The van der Waals surface area contributed by atoms with Crippen LogP contribution in [0, 0.1) is 27.7 Å². The largest absolute Gasteiger partial charge is 0.376 e. The number of rotatable bonds is 4. The van der Waals surface area contributed by atoms with Gasteiger partial charge in [0.25, 0.3) is 0 Å². The van der Waals surface area contributed by atoms with Crippen LogP contribution in [0.4, 0.5) is 11.6 Å². The number of hydrogen-bond donors (Lipinski definition) is 3. The highest BCUT2D eigenvalue weighted by Crippen LogP contribution is 2.16. The summed E-state index contributed by atoms with van der Waals surface area (Å²) < 4.78 is 5.68. The molecule has 7 nitrogen and oxygen atoms in total. The van der Waals surface area contributed by atoms with Gasteiger partial charge in [0.15, 0.2) is 5.11 Å². The van der Waals surface area contributed by atoms with Gasteiger partial charge < -0.3 is 15.4 Å². The fourth-order valence-electron chi connectivity index (χ4n) is 3.11. The van der Waals surface area contributed by atoms with Gasteiger partial charge in [0.1, 0.15) is 0 Å². The first-order valence-corrected chi connectivity index (χ1v) is 10.2. The third-order valence-electron chi connectivity index (χ3n) is 4.56. The smallest absolute Gasteiger partial charge is 0.229 e. The van der Waals surface area contributed by atoms with Crippen molar-refractivity contribution >= 4 is 34.9 Å². The predicted molar refractivity (Wildman–Crippen MR) is 122 cm³/mol. The third kappa shape index (κ3) is 6.47. The minimum atomic E-state index is 0.134. The first-order valence-electron chi connectivity index (χ1n) is 9.79. The molecule has 3 N–H and O–H groups in total. The van der Waals surface area contributed by atoms with Crippen LogP contribution < -0.4 is 16.0 Å². The number of nitrogens with zero attached hydrogens (tertiary/aromatic N) is 3. The quantitative estimate of drug-likeness (QED) is 0.402. The van der Waals surface area contributed by atoms with E-state index in [0.717, 1.165) is 47.7 Å². The van der Waals surface area contributed by atoms with Crippen LogP contribution in [0.1, 0.15) is 35.4 Å². The molecular formula is C21H28N6OS. The van der Waals surface area contributed by atoms with Crippen LogP contribution in [-0.2, 0) is 4.74 Å². The highest BCUT2D eigenvalue weighted by molar-refractivity contribution is 7.80. The van der Waals surface area contributed by atoms with Crippen molar-refractivity contribution in [3.63, 3.8) is 0 Å². The zero-order valence-corrected chi connectivity index (χ0v) is 18.2. The van der Waals surface area contributed by atoms with Crippen LogP contribution in [0.3, 0.4) is 0 Å². The molecule has 0 amide bonds. The number of guanidine groups is 1. The summed E-state index contributed by atoms with van der Waals surface area (Å²) in [4.78, 5) is 13.5. The van der Waals surface area contributed by atoms with Gasteiger partial charge in [-0.05, 0) is 76.0 Å². The van der Waals surface area contributed by atoms with E-state index in [1.54, 1.807) is 0 Å². The van der Waals surface area contributed by atoms with Gasteiger partial charge in [0.2, 0.25) is 11.9 Å². The van der Waals surface area contributed by atoms with E-state index in [9.17, 15) is 0 Å². The molecule has 1 aliphatic heterocycles. The Balaban J connectivity index is 1.73. The van der Waals surface area contributed by atoms with Crippen molar-refractivity contribution in [2.75, 3.05) is 23.8 Å². The first kappa shape index (κ1) is 21.1. The molecule has 2 aromatic rings. The van der Waals surface area contributed by atoms with Crippen LogP contribution >= 0.6 is 12.2 Å². The molecule has 0 aliphatic carbocycles. The molecule has 29 heavy (non-hydrogen) atoms. The molecule has 3 rings (SSSR count). The lowest BCUT2D eigenvalue weighted by Crippen LogP contribution is -2.39. The molecule has 1 unspecified atom stereocenters. The van der Waals surface area contributed by atoms with Gasteiger partial charge in [-0.15, -0.1) is 0 Å². The van der Waals surface area contributed by atoms with Crippen molar-refractivity contribution in [2.24, 2.45) is 4.99 Å². The summed E-state index contributed by atoms with van der Waals surface area (Å²) in [6, 6.07) is 8.13. The maximum atomic E-state index is 5.68. The highest BCUT2D eigenvalue weighted by Gasteiger charge is 2.16. The molecule has 0 spiro atoms. The van der Waals surface area contributed by atoms with Crippen LogP contribution in [0.2, 0.25) is 0 Å². The second kappa shape index (κ2) is 9.76. The number of aromatic nitrogens is 2. The summed E-state index contributed by atoms with van der Waals surface area (Å²) in [6.45, 7) is 9.30. The molecule has 1 atom stereocenters. The Morgan fingerprint density at radius 2 is 1.90 bits per heavy atom. The van der Waals surface area contributed by atoms with E-state index in [4.69, 9.17) is 17.0 Å². The number of nitrogens with one attached hydrogen (secondary N) is 3. The van der Waals surface area contributed by atoms with E-state index >= 15 is 0 Å². The van der Waals surface area contributed by atoms with E-state index in [1.165, 1.54) is 0 Å². The summed E-state index contributed by atoms with van der Waals surface area (Å²) in [5, 5.41) is 10.00. The summed E-state index contributed by atoms with van der Waals surface area (Å²) >= 11 is 5.52. The molecule has 1 aromatic carbocycles. The van der Waals surface area contributed by atoms with Crippen molar-refractivity contribution < 1.29 is 4.74 Å². The summed E-state index contributed by atoms with van der Waals surface area (Å²) in [7, 11) is 0. The van der Waals surface area contributed by atoms with Gasteiger partial charge in [0.05, 0.1) is 12.6 Å². The van der Waals surface area contributed by atoms with Crippen molar-refractivity contribution in [3.05, 3.63) is 46.8 Å². The van der Waals surface area contributed by atoms with Crippen LogP contribution in [0.25, 0.3) is 0 Å². The van der Waals surface area contributed by atoms with Gasteiger partial charge in [-0.3, -0.25) is 5.32 Å². The van der Waals surface area contributed by atoms with E-state index < -0.39 is 0 Å². The summed E-state index contributed by atoms with van der Waals surface area (Å²) in [5.74, 6) is 0.976. The maximum Gasteiger partial charge on any atom is 0.229 e. The zero-order chi connectivity index (χ0) is 20.8. The molecular weight excluding hydrogens is 384 g/mol. The summed E-state index contributed by atoms with van der Waals surface area (Å²) in [5.41, 5.74) is 5.01. The van der Waals surface area contributed by atoms with Crippen molar-refractivity contribution in [1.82, 2.24) is 15.3 Å². The van der Waals surface area contributed by atoms with Gasteiger partial charge in [-0.2, -0.15) is 0 Å². The van der Waals surface area contributed by atoms with Crippen LogP contribution in [-0.4, -0.2) is 40.3 Å². The van der Waals surface area contributed by atoms with Crippen LogP contribution in [0.15, 0.2) is 29.3 Å². The van der Waals surface area contributed by atoms with Crippen molar-refractivity contribution in [1.29, 1.82) is 0 Å². The van der Waals surface area contributed by atoms with Crippen molar-refractivity contribution in [2.45, 2.75) is 46.6 Å². The number of aryl methyl sites for hydroxylation is 4. The van der Waals surface area contributed by atoms with Crippen LogP contribution in [0.5, 0.6) is 0 Å². The molecule has 8 heteroatoms. The Morgan fingerprint density at radius 1 is 1.14 bits per heavy atom. The first-order chi connectivity index (χ1) is 13.9. The van der Waals surface area contributed by atoms with E-state index in [2.05, 4.69) is 56.0 Å². The molecule has 1 fully saturated rings. The van der Waals surface area contributed by atoms with Gasteiger partial charge in [-0.1, -0.05) is 12.1 Å².